The molecule has 0 aromatic carbocycles. The molecule has 0 heterocycles. The molecule has 0 N–H and O–H groups in total. The summed E-state index contributed by atoms with van der Waals surface area (Å²) in [6.07, 6.45) is -24.2. The van der Waals surface area contributed by atoms with Crippen molar-refractivity contribution in [2.75, 3.05) is 0 Å². The zero-order valence-corrected chi connectivity index (χ0v) is 8.82. The topological polar surface area (TPSA) is 61.8 Å². The van der Waals surface area contributed by atoms with Crippen molar-refractivity contribution in [3.63, 3.8) is 0 Å². The number of esters is 2. The van der Waals surface area contributed by atoms with Gasteiger partial charge in [-0.05, 0) is 0 Å². The third-order valence-electron chi connectivity index (χ3n) is 1.15. The minimum absolute atomic E-state index is 1.83. The minimum Gasteiger partial charge on any atom is -0.380 e. The molecule has 0 unspecified atom stereocenters. The van der Waals surface area contributed by atoms with Crippen LogP contribution in [0.3, 0.4) is 0 Å². The van der Waals surface area contributed by atoms with Crippen LogP contribution < -0.4 is 0 Å². The Balaban J connectivity index is 4.89. The highest BCUT2D eigenvalue weighted by molar-refractivity contribution is 5.91. The maximum atomic E-state index is 12.3. The quantitative estimate of drug-likeness (QED) is 0.446. The molecule has 0 aromatic heterocycles. The molecule has 0 saturated heterocycles. The lowest BCUT2D eigenvalue weighted by Crippen LogP contribution is -2.45. The maximum absolute atomic E-state index is 12.3. The molecular formula is C6F10O5. The van der Waals surface area contributed by atoms with Crippen LogP contribution in [-0.4, -0.2) is 36.9 Å². The monoisotopic (exact) mass is 342 g/mol. The zero-order valence-electron chi connectivity index (χ0n) is 8.82. The highest BCUT2D eigenvalue weighted by Crippen LogP contribution is 2.32. The van der Waals surface area contributed by atoms with E-state index >= 15 is 0 Å². The Morgan fingerprint density at radius 1 is 0.571 bits per heavy atom. The Hall–Kier alpha value is -1.64. The lowest BCUT2D eigenvalue weighted by atomic mass is 10.6. The van der Waals surface area contributed by atoms with Gasteiger partial charge in [0.05, 0.1) is 0 Å². The fraction of sp³-hybridized carbons (Fsp3) is 0.667. The predicted octanol–water partition coefficient (Wildman–Crippen LogP) is 2.31. The van der Waals surface area contributed by atoms with Gasteiger partial charge in [-0.1, -0.05) is 0 Å². The summed E-state index contributed by atoms with van der Waals surface area (Å²) in [5.74, 6) is -7.26. The van der Waals surface area contributed by atoms with E-state index < -0.39 is 36.9 Å². The molecule has 0 saturated carbocycles. The molecule has 0 fully saturated rings. The van der Waals surface area contributed by atoms with Crippen LogP contribution in [0.5, 0.6) is 0 Å². The van der Waals surface area contributed by atoms with Crippen molar-refractivity contribution in [2.24, 2.45) is 0 Å². The molecule has 0 radical (unpaired) electrons. The van der Waals surface area contributed by atoms with Crippen LogP contribution in [0.15, 0.2) is 0 Å². The fourth-order valence-electron chi connectivity index (χ4n) is 0.577. The normalized spacial score (nSPS) is 14.0. The lowest BCUT2D eigenvalue weighted by Gasteiger charge is -2.19. The second-order valence-corrected chi connectivity index (χ2v) is 2.81. The predicted molar refractivity (Wildman–Crippen MR) is 35.3 cm³/mol. The molecule has 0 aliphatic heterocycles. The van der Waals surface area contributed by atoms with E-state index in [-0.39, 0.29) is 0 Å². The minimum atomic E-state index is -6.14. The number of halogens is 10. The summed E-state index contributed by atoms with van der Waals surface area (Å²) in [7, 11) is 0. The van der Waals surface area contributed by atoms with Gasteiger partial charge in [0.2, 0.25) is 0 Å². The number of hydrogen-bond donors (Lipinski definition) is 0. The van der Waals surface area contributed by atoms with E-state index in [1.807, 2.05) is 9.47 Å². The van der Waals surface area contributed by atoms with E-state index in [1.165, 1.54) is 0 Å². The van der Waals surface area contributed by atoms with Crippen LogP contribution in [0.1, 0.15) is 0 Å². The molecule has 21 heavy (non-hydrogen) atoms. The summed E-state index contributed by atoms with van der Waals surface area (Å²) in [6, 6.07) is 0. The molecule has 0 amide bonds. The van der Waals surface area contributed by atoms with Gasteiger partial charge in [-0.15, -0.1) is 26.3 Å². The van der Waals surface area contributed by atoms with Crippen molar-refractivity contribution < 1.29 is 67.7 Å². The molecule has 0 aromatic rings. The van der Waals surface area contributed by atoms with Crippen LogP contribution in [0.2, 0.25) is 0 Å². The number of rotatable bonds is 4. The Bertz CT molecular complexity index is 371. The molecule has 0 bridgehead atoms. The summed E-state index contributed by atoms with van der Waals surface area (Å²) in [6.45, 7) is 0. The number of carbonyl (C=O) groups excluding carboxylic acids is 2. The number of hydrogen-bond acceptors (Lipinski definition) is 5. The third kappa shape index (κ3) is 7.07. The second kappa shape index (κ2) is 5.63. The fourth-order valence-corrected chi connectivity index (χ4v) is 0.577. The molecule has 0 atom stereocenters. The average molecular weight is 342 g/mol. The maximum Gasteiger partial charge on any atom is 0.527 e. The van der Waals surface area contributed by atoms with E-state index in [2.05, 4.69) is 4.74 Å². The standard InChI is InChI=1S/C6F10O5/c7-3(8,20-5(11,12)13)1(17)19-2(18)4(9,10)21-6(14,15)16. The molecule has 5 nitrogen and oxygen atoms in total. The van der Waals surface area contributed by atoms with Crippen LogP contribution in [-0.2, 0) is 23.8 Å². The largest absolute Gasteiger partial charge is 0.527 e. The zero-order chi connectivity index (χ0) is 17.3. The lowest BCUT2D eigenvalue weighted by molar-refractivity contribution is -0.419. The van der Waals surface area contributed by atoms with Crippen LogP contribution in [0.4, 0.5) is 43.9 Å². The van der Waals surface area contributed by atoms with Gasteiger partial charge in [0, 0.05) is 0 Å². The van der Waals surface area contributed by atoms with E-state index in [0.29, 0.717) is 0 Å². The van der Waals surface area contributed by atoms with E-state index in [9.17, 15) is 53.5 Å². The van der Waals surface area contributed by atoms with Crippen LogP contribution in [0.25, 0.3) is 0 Å². The molecule has 0 aliphatic rings. The average Bonchev–Trinajstić information content (AvgIpc) is 2.08. The third-order valence-corrected chi connectivity index (χ3v) is 1.15. The Morgan fingerprint density at radius 3 is 1.00 bits per heavy atom. The van der Waals surface area contributed by atoms with Gasteiger partial charge in [-0.2, -0.15) is 17.6 Å². The van der Waals surface area contributed by atoms with Gasteiger partial charge < -0.3 is 4.74 Å². The van der Waals surface area contributed by atoms with Crippen molar-refractivity contribution in [2.45, 2.75) is 24.9 Å². The highest BCUT2D eigenvalue weighted by atomic mass is 19.4. The molecule has 0 rings (SSSR count). The Morgan fingerprint density at radius 2 is 0.810 bits per heavy atom. The first-order valence-electron chi connectivity index (χ1n) is 4.02. The number of ether oxygens (including phenoxy) is 3. The summed E-state index contributed by atoms with van der Waals surface area (Å²) in [5, 5.41) is 0. The first-order chi connectivity index (χ1) is 8.96. The van der Waals surface area contributed by atoms with Gasteiger partial charge in [-0.3, -0.25) is 0 Å². The van der Waals surface area contributed by atoms with Crippen LogP contribution >= 0.6 is 0 Å². The first kappa shape index (κ1) is 19.4. The van der Waals surface area contributed by atoms with E-state index in [4.69, 9.17) is 0 Å². The van der Waals surface area contributed by atoms with Gasteiger partial charge in [0.1, 0.15) is 0 Å². The van der Waals surface area contributed by atoms with Gasteiger partial charge in [0.15, 0.2) is 0 Å². The molecule has 0 aliphatic carbocycles. The van der Waals surface area contributed by atoms with Crippen molar-refractivity contribution in [3.8, 4) is 0 Å². The summed E-state index contributed by atoms with van der Waals surface area (Å²) in [4.78, 5) is 20.6. The highest BCUT2D eigenvalue weighted by Gasteiger charge is 2.57. The van der Waals surface area contributed by atoms with Crippen molar-refractivity contribution in [3.05, 3.63) is 0 Å². The van der Waals surface area contributed by atoms with Crippen molar-refractivity contribution >= 4 is 11.9 Å². The second-order valence-electron chi connectivity index (χ2n) is 2.81. The number of carbonyl (C=O) groups is 2. The van der Waals surface area contributed by atoms with Crippen molar-refractivity contribution in [1.29, 1.82) is 0 Å². The summed E-state index contributed by atoms with van der Waals surface area (Å²) < 4.78 is 124. The Labute approximate surface area is 106 Å². The van der Waals surface area contributed by atoms with Gasteiger partial charge in [0.25, 0.3) is 0 Å². The Kier molecular flexibility index (Phi) is 5.19. The van der Waals surface area contributed by atoms with Crippen LogP contribution in [0, 0.1) is 0 Å². The number of alkyl halides is 10. The smallest absolute Gasteiger partial charge is 0.380 e. The van der Waals surface area contributed by atoms with E-state index in [0.717, 1.165) is 0 Å². The van der Waals surface area contributed by atoms with Gasteiger partial charge in [-0.25, -0.2) is 19.1 Å². The first-order valence-corrected chi connectivity index (χ1v) is 4.02. The summed E-state index contributed by atoms with van der Waals surface area (Å²) in [5.41, 5.74) is 0. The molecular weight excluding hydrogens is 342 g/mol. The molecule has 124 valence electrons. The molecule has 15 heteroatoms. The summed E-state index contributed by atoms with van der Waals surface area (Å²) >= 11 is 0. The van der Waals surface area contributed by atoms with Gasteiger partial charge >= 0.3 is 36.9 Å². The van der Waals surface area contributed by atoms with E-state index in [1.54, 1.807) is 0 Å². The molecule has 0 spiro atoms. The SMILES string of the molecule is O=C(OC(=O)C(F)(F)OC(F)(F)F)C(F)(F)OC(F)(F)F. The van der Waals surface area contributed by atoms with Crippen molar-refractivity contribution in [1.82, 2.24) is 0 Å².